The highest BCUT2D eigenvalue weighted by Crippen LogP contribution is 2.34. The third-order valence-electron chi connectivity index (χ3n) is 3.64. The summed E-state index contributed by atoms with van der Waals surface area (Å²) in [5.74, 6) is 1.77. The minimum absolute atomic E-state index is 0.650. The Hall–Kier alpha value is -2.31. The molecule has 0 atom stereocenters. The second-order valence-corrected chi connectivity index (χ2v) is 7.29. The predicted molar refractivity (Wildman–Crippen MR) is 98.3 cm³/mol. The Morgan fingerprint density at radius 1 is 0.565 bits per heavy atom. The normalized spacial score (nSPS) is 10.6. The fourth-order valence-corrected chi connectivity index (χ4v) is 4.87. The molecule has 116 valence electrons. The van der Waals surface area contributed by atoms with Crippen LogP contribution in [0.3, 0.4) is 0 Å². The number of benzene rings is 3. The second kappa shape index (κ2) is 7.30. The third-order valence-corrected chi connectivity index (χ3v) is 6.04. The molecule has 3 aromatic rings. The van der Waals surface area contributed by atoms with Crippen LogP contribution < -0.4 is 25.4 Å². The van der Waals surface area contributed by atoms with E-state index in [4.69, 9.17) is 9.47 Å². The van der Waals surface area contributed by atoms with Crippen LogP contribution in [-0.4, -0.2) is 14.2 Å². The van der Waals surface area contributed by atoms with Crippen molar-refractivity contribution in [2.24, 2.45) is 0 Å². The fourth-order valence-electron chi connectivity index (χ4n) is 2.52. The summed E-state index contributed by atoms with van der Waals surface area (Å²) >= 11 is 0. The lowest BCUT2D eigenvalue weighted by Crippen LogP contribution is -2.20. The molecule has 0 saturated heterocycles. The van der Waals surface area contributed by atoms with Gasteiger partial charge in [-0.15, -0.1) is 0 Å². The van der Waals surface area contributed by atoms with Crippen molar-refractivity contribution in [1.29, 1.82) is 0 Å². The molecule has 0 amide bonds. The molecule has 0 aliphatic rings. The van der Waals surface area contributed by atoms with Gasteiger partial charge in [0.25, 0.3) is 0 Å². The summed E-state index contributed by atoms with van der Waals surface area (Å²) in [6, 6.07) is 27.2. The van der Waals surface area contributed by atoms with E-state index in [-0.39, 0.29) is 0 Å². The molecule has 0 bridgehead atoms. The molecule has 3 rings (SSSR count). The molecule has 0 fully saturated rings. The Balaban J connectivity index is 2.13. The zero-order chi connectivity index (χ0) is 16.1. The van der Waals surface area contributed by atoms with Crippen LogP contribution in [0.4, 0.5) is 0 Å². The molecular formula is C20H19O2P. The first-order chi connectivity index (χ1) is 11.3. The smallest absolute Gasteiger partial charge is 0.119 e. The minimum Gasteiger partial charge on any atom is -0.497 e. The fraction of sp³-hybridized carbons (Fsp3) is 0.100. The summed E-state index contributed by atoms with van der Waals surface area (Å²) in [7, 11) is 2.76. The van der Waals surface area contributed by atoms with Crippen LogP contribution in [0.15, 0.2) is 78.9 Å². The predicted octanol–water partition coefficient (Wildman–Crippen LogP) is 3.46. The molecule has 0 radical (unpaired) electrons. The first-order valence-corrected chi connectivity index (χ1v) is 8.79. The zero-order valence-electron chi connectivity index (χ0n) is 13.3. The van der Waals surface area contributed by atoms with E-state index in [0.29, 0.717) is 0 Å². The SMILES string of the molecule is COc1cccc(P(c2ccccc2)c2cccc(OC)c2)c1. The molecule has 3 aromatic carbocycles. The molecule has 0 aromatic heterocycles. The van der Waals surface area contributed by atoms with E-state index >= 15 is 0 Å². The largest absolute Gasteiger partial charge is 0.497 e. The molecule has 0 N–H and O–H groups in total. The third kappa shape index (κ3) is 3.55. The van der Waals surface area contributed by atoms with Crippen molar-refractivity contribution in [1.82, 2.24) is 0 Å². The minimum atomic E-state index is -0.650. The van der Waals surface area contributed by atoms with E-state index < -0.39 is 7.92 Å². The van der Waals surface area contributed by atoms with Crippen molar-refractivity contribution in [2.45, 2.75) is 0 Å². The lowest BCUT2D eigenvalue weighted by Gasteiger charge is -2.20. The average Bonchev–Trinajstić information content (AvgIpc) is 2.63. The summed E-state index contributed by atoms with van der Waals surface area (Å²) in [5.41, 5.74) is 0. The van der Waals surface area contributed by atoms with Crippen LogP contribution in [-0.2, 0) is 0 Å². The van der Waals surface area contributed by atoms with E-state index in [1.54, 1.807) is 14.2 Å². The summed E-state index contributed by atoms with van der Waals surface area (Å²) in [6.07, 6.45) is 0. The molecule has 2 nitrogen and oxygen atoms in total. The molecule has 0 spiro atoms. The van der Waals surface area contributed by atoms with Gasteiger partial charge in [0.2, 0.25) is 0 Å². The average molecular weight is 322 g/mol. The van der Waals surface area contributed by atoms with Gasteiger partial charge < -0.3 is 9.47 Å². The standard InChI is InChI=1S/C20H19O2P/c1-21-16-8-6-12-19(14-16)23(18-10-4-3-5-11-18)20-13-7-9-17(15-20)22-2/h3-15H,1-2H3. The molecule has 0 unspecified atom stereocenters. The van der Waals surface area contributed by atoms with Crippen molar-refractivity contribution in [2.75, 3.05) is 14.2 Å². The van der Waals surface area contributed by atoms with Gasteiger partial charge in [0, 0.05) is 0 Å². The summed E-state index contributed by atoms with van der Waals surface area (Å²) in [5, 5.41) is 3.83. The maximum atomic E-state index is 5.41. The Morgan fingerprint density at radius 3 is 1.52 bits per heavy atom. The topological polar surface area (TPSA) is 18.5 Å². The number of rotatable bonds is 5. The van der Waals surface area contributed by atoms with Gasteiger partial charge >= 0.3 is 0 Å². The highest BCUT2D eigenvalue weighted by molar-refractivity contribution is 7.79. The first-order valence-electron chi connectivity index (χ1n) is 7.45. The van der Waals surface area contributed by atoms with E-state index in [0.717, 1.165) is 11.5 Å². The molecular weight excluding hydrogens is 303 g/mol. The summed E-state index contributed by atoms with van der Waals surface area (Å²) < 4.78 is 10.8. The lowest BCUT2D eigenvalue weighted by molar-refractivity contribution is 0.415. The van der Waals surface area contributed by atoms with Crippen LogP contribution in [0.2, 0.25) is 0 Å². The Labute approximate surface area is 138 Å². The van der Waals surface area contributed by atoms with Gasteiger partial charge in [0.15, 0.2) is 0 Å². The van der Waals surface area contributed by atoms with Gasteiger partial charge in [-0.05, 0) is 48.1 Å². The van der Waals surface area contributed by atoms with Crippen LogP contribution in [0.1, 0.15) is 0 Å². The Morgan fingerprint density at radius 2 is 1.04 bits per heavy atom. The van der Waals surface area contributed by atoms with Gasteiger partial charge in [-0.1, -0.05) is 54.6 Å². The number of hydrogen-bond acceptors (Lipinski definition) is 2. The van der Waals surface area contributed by atoms with Crippen molar-refractivity contribution >= 4 is 23.8 Å². The van der Waals surface area contributed by atoms with Gasteiger partial charge in [-0.25, -0.2) is 0 Å². The van der Waals surface area contributed by atoms with Crippen molar-refractivity contribution < 1.29 is 9.47 Å². The van der Waals surface area contributed by atoms with Crippen molar-refractivity contribution in [3.8, 4) is 11.5 Å². The molecule has 0 aliphatic carbocycles. The van der Waals surface area contributed by atoms with Gasteiger partial charge in [0.05, 0.1) is 14.2 Å². The van der Waals surface area contributed by atoms with Crippen molar-refractivity contribution in [3.05, 3.63) is 78.9 Å². The Bertz CT molecular complexity index is 724. The van der Waals surface area contributed by atoms with E-state index in [1.807, 2.05) is 30.3 Å². The number of methoxy groups -OCH3 is 2. The van der Waals surface area contributed by atoms with Gasteiger partial charge in [-0.3, -0.25) is 0 Å². The Kier molecular flexibility index (Phi) is 4.95. The number of ether oxygens (including phenoxy) is 2. The second-order valence-electron chi connectivity index (χ2n) is 5.07. The first kappa shape index (κ1) is 15.6. The van der Waals surface area contributed by atoms with Crippen LogP contribution in [0.5, 0.6) is 11.5 Å². The molecule has 23 heavy (non-hydrogen) atoms. The summed E-state index contributed by atoms with van der Waals surface area (Å²) in [4.78, 5) is 0. The van der Waals surface area contributed by atoms with E-state index in [9.17, 15) is 0 Å². The van der Waals surface area contributed by atoms with Crippen LogP contribution >= 0.6 is 7.92 Å². The van der Waals surface area contributed by atoms with Crippen molar-refractivity contribution in [3.63, 3.8) is 0 Å². The van der Waals surface area contributed by atoms with Gasteiger partial charge in [-0.2, -0.15) is 0 Å². The number of hydrogen-bond donors (Lipinski definition) is 0. The molecule has 0 heterocycles. The summed E-state index contributed by atoms with van der Waals surface area (Å²) in [6.45, 7) is 0. The van der Waals surface area contributed by atoms with Crippen LogP contribution in [0, 0.1) is 0 Å². The van der Waals surface area contributed by atoms with E-state index in [1.165, 1.54) is 15.9 Å². The monoisotopic (exact) mass is 322 g/mol. The van der Waals surface area contributed by atoms with Crippen LogP contribution in [0.25, 0.3) is 0 Å². The maximum Gasteiger partial charge on any atom is 0.119 e. The zero-order valence-corrected chi connectivity index (χ0v) is 14.2. The van der Waals surface area contributed by atoms with E-state index in [2.05, 4.69) is 48.5 Å². The highest BCUT2D eigenvalue weighted by atomic mass is 31.1. The highest BCUT2D eigenvalue weighted by Gasteiger charge is 2.17. The quantitative estimate of drug-likeness (QED) is 0.670. The maximum absolute atomic E-state index is 5.41. The lowest BCUT2D eigenvalue weighted by atomic mass is 10.3. The molecule has 0 saturated carbocycles. The van der Waals surface area contributed by atoms with Gasteiger partial charge in [0.1, 0.15) is 11.5 Å². The molecule has 3 heteroatoms. The molecule has 0 aliphatic heterocycles.